The molecule has 1 aliphatic heterocycles. The van der Waals surface area contributed by atoms with E-state index in [1.165, 1.54) is 0 Å². The van der Waals surface area contributed by atoms with E-state index in [1.807, 2.05) is 24.1 Å². The molecular weight excluding hydrogens is 304 g/mol. The fourth-order valence-electron chi connectivity index (χ4n) is 3.72. The average molecular weight is 324 g/mol. The fraction of sp³-hybridized carbons (Fsp3) is 0.389. The van der Waals surface area contributed by atoms with Gasteiger partial charge in [-0.25, -0.2) is 4.68 Å². The van der Waals surface area contributed by atoms with Gasteiger partial charge in [-0.2, -0.15) is 0 Å². The SMILES string of the molecule is COC1(c2cnnn2C)CN(C(=O)C2CC=Cc3ccccc32)C1. The Morgan fingerprint density at radius 2 is 2.12 bits per heavy atom. The minimum Gasteiger partial charge on any atom is -0.368 e. The third-order valence-corrected chi connectivity index (χ3v) is 5.11. The van der Waals surface area contributed by atoms with Crippen LogP contribution in [0.2, 0.25) is 0 Å². The summed E-state index contributed by atoms with van der Waals surface area (Å²) in [7, 11) is 3.52. The van der Waals surface area contributed by atoms with E-state index in [0.29, 0.717) is 13.1 Å². The number of nitrogens with zero attached hydrogens (tertiary/aromatic N) is 4. The first-order valence-electron chi connectivity index (χ1n) is 8.09. The number of fused-ring (bicyclic) bond motifs is 1. The summed E-state index contributed by atoms with van der Waals surface area (Å²) in [5.74, 6) is 0.0559. The lowest BCUT2D eigenvalue weighted by molar-refractivity contribution is -0.167. The molecule has 1 saturated heterocycles. The Balaban J connectivity index is 1.54. The Hall–Kier alpha value is -2.47. The standard InChI is InChI=1S/C18H20N4O2/c1-21-16(10-19-20-21)18(24-2)11-22(12-18)17(23)15-9-5-7-13-6-3-4-8-14(13)15/h3-8,10,15H,9,11-12H2,1-2H3. The zero-order chi connectivity index (χ0) is 16.7. The van der Waals surface area contributed by atoms with Gasteiger partial charge in [-0.3, -0.25) is 4.79 Å². The lowest BCUT2D eigenvalue weighted by atomic mass is 9.83. The molecule has 2 aliphatic rings. The monoisotopic (exact) mass is 324 g/mol. The van der Waals surface area contributed by atoms with E-state index in [0.717, 1.165) is 23.2 Å². The second-order valence-electron chi connectivity index (χ2n) is 6.46. The number of carbonyl (C=O) groups excluding carboxylic acids is 1. The predicted molar refractivity (Wildman–Crippen MR) is 89.1 cm³/mol. The smallest absolute Gasteiger partial charge is 0.230 e. The summed E-state index contributed by atoms with van der Waals surface area (Å²) >= 11 is 0. The van der Waals surface area contributed by atoms with Crippen LogP contribution in [0.4, 0.5) is 0 Å². The van der Waals surface area contributed by atoms with Crippen molar-refractivity contribution >= 4 is 12.0 Å². The summed E-state index contributed by atoms with van der Waals surface area (Å²) in [4.78, 5) is 14.9. The number of ether oxygens (including phenoxy) is 1. The van der Waals surface area contributed by atoms with Gasteiger partial charge in [0.1, 0.15) is 5.60 Å². The molecule has 1 fully saturated rings. The summed E-state index contributed by atoms with van der Waals surface area (Å²) in [6.07, 6.45) is 6.64. The summed E-state index contributed by atoms with van der Waals surface area (Å²) in [6.45, 7) is 1.07. The summed E-state index contributed by atoms with van der Waals surface area (Å²) in [5, 5.41) is 7.90. The highest BCUT2D eigenvalue weighted by Gasteiger charge is 2.50. The number of hydrogen-bond acceptors (Lipinski definition) is 4. The second-order valence-corrected chi connectivity index (χ2v) is 6.46. The van der Waals surface area contributed by atoms with E-state index in [1.54, 1.807) is 18.0 Å². The van der Waals surface area contributed by atoms with Gasteiger partial charge in [-0.05, 0) is 17.5 Å². The number of benzene rings is 1. The van der Waals surface area contributed by atoms with Crippen molar-refractivity contribution in [2.45, 2.75) is 17.9 Å². The van der Waals surface area contributed by atoms with Crippen LogP contribution in [0.15, 0.2) is 36.5 Å². The highest BCUT2D eigenvalue weighted by Crippen LogP contribution is 2.38. The van der Waals surface area contributed by atoms with Crippen LogP contribution >= 0.6 is 0 Å². The molecule has 6 nitrogen and oxygen atoms in total. The van der Waals surface area contributed by atoms with Gasteiger partial charge >= 0.3 is 0 Å². The highest BCUT2D eigenvalue weighted by atomic mass is 16.5. The number of hydrogen-bond donors (Lipinski definition) is 0. The molecule has 0 bridgehead atoms. The van der Waals surface area contributed by atoms with Crippen molar-refractivity contribution in [3.63, 3.8) is 0 Å². The van der Waals surface area contributed by atoms with Crippen LogP contribution < -0.4 is 0 Å². The zero-order valence-electron chi connectivity index (χ0n) is 13.8. The maximum Gasteiger partial charge on any atom is 0.230 e. The van der Waals surface area contributed by atoms with Crippen LogP contribution in [0.1, 0.15) is 29.2 Å². The lowest BCUT2D eigenvalue weighted by Crippen LogP contribution is -2.63. The lowest BCUT2D eigenvalue weighted by Gasteiger charge is -2.49. The fourth-order valence-corrected chi connectivity index (χ4v) is 3.72. The molecule has 2 heterocycles. The van der Waals surface area contributed by atoms with Gasteiger partial charge < -0.3 is 9.64 Å². The van der Waals surface area contributed by atoms with Gasteiger partial charge in [-0.1, -0.05) is 41.6 Å². The van der Waals surface area contributed by atoms with E-state index in [2.05, 4.69) is 34.6 Å². The van der Waals surface area contributed by atoms with Crippen LogP contribution in [0, 0.1) is 0 Å². The first-order chi connectivity index (χ1) is 11.6. The largest absolute Gasteiger partial charge is 0.368 e. The Kier molecular flexibility index (Phi) is 3.49. The molecule has 1 amide bonds. The molecule has 6 heteroatoms. The predicted octanol–water partition coefficient (Wildman–Crippen LogP) is 1.70. The molecule has 1 aliphatic carbocycles. The third-order valence-electron chi connectivity index (χ3n) is 5.11. The topological polar surface area (TPSA) is 60.3 Å². The number of amides is 1. The first-order valence-corrected chi connectivity index (χ1v) is 8.09. The van der Waals surface area contributed by atoms with Crippen molar-refractivity contribution in [1.29, 1.82) is 0 Å². The van der Waals surface area contributed by atoms with E-state index in [9.17, 15) is 4.79 Å². The average Bonchev–Trinajstić information content (AvgIpc) is 3.00. The summed E-state index contributed by atoms with van der Waals surface area (Å²) in [5.41, 5.74) is 2.65. The van der Waals surface area contributed by atoms with Crippen LogP contribution in [-0.4, -0.2) is 46.0 Å². The molecule has 1 aromatic heterocycles. The van der Waals surface area contributed by atoms with Gasteiger partial charge in [0.2, 0.25) is 5.91 Å². The van der Waals surface area contributed by atoms with E-state index in [-0.39, 0.29) is 11.8 Å². The van der Waals surface area contributed by atoms with E-state index < -0.39 is 5.60 Å². The van der Waals surface area contributed by atoms with Crippen molar-refractivity contribution in [2.75, 3.05) is 20.2 Å². The molecule has 1 aromatic carbocycles. The summed E-state index contributed by atoms with van der Waals surface area (Å²) < 4.78 is 7.44. The first kappa shape index (κ1) is 15.1. The van der Waals surface area contributed by atoms with Gasteiger partial charge in [0.15, 0.2) is 0 Å². The number of aromatic nitrogens is 3. The van der Waals surface area contributed by atoms with Crippen molar-refractivity contribution in [3.8, 4) is 0 Å². The molecule has 24 heavy (non-hydrogen) atoms. The molecule has 0 saturated carbocycles. The zero-order valence-corrected chi connectivity index (χ0v) is 13.8. The Labute approximate surface area is 140 Å². The minimum absolute atomic E-state index is 0.106. The van der Waals surface area contributed by atoms with Crippen molar-refractivity contribution < 1.29 is 9.53 Å². The second kappa shape index (κ2) is 5.56. The molecule has 1 unspecified atom stereocenters. The highest BCUT2D eigenvalue weighted by molar-refractivity contribution is 5.87. The van der Waals surface area contributed by atoms with Gasteiger partial charge in [0.25, 0.3) is 0 Å². The number of allylic oxidation sites excluding steroid dienone is 1. The quantitative estimate of drug-likeness (QED) is 0.862. The number of likely N-dealkylation sites (tertiary alicyclic amines) is 1. The molecule has 2 aromatic rings. The van der Waals surface area contributed by atoms with Crippen LogP contribution in [-0.2, 0) is 22.2 Å². The molecule has 1 atom stereocenters. The molecule has 0 spiro atoms. The maximum absolute atomic E-state index is 13.0. The maximum atomic E-state index is 13.0. The van der Waals surface area contributed by atoms with E-state index >= 15 is 0 Å². The number of methoxy groups -OCH3 is 1. The van der Waals surface area contributed by atoms with E-state index in [4.69, 9.17) is 4.74 Å². The van der Waals surface area contributed by atoms with Gasteiger partial charge in [-0.15, -0.1) is 5.10 Å². The van der Waals surface area contributed by atoms with Crippen LogP contribution in [0.3, 0.4) is 0 Å². The van der Waals surface area contributed by atoms with Crippen molar-refractivity contribution in [3.05, 3.63) is 53.4 Å². The number of aryl methyl sites for hydroxylation is 1. The molecular formula is C18H20N4O2. The van der Waals surface area contributed by atoms with Crippen molar-refractivity contribution in [2.24, 2.45) is 7.05 Å². The molecule has 4 rings (SSSR count). The van der Waals surface area contributed by atoms with Crippen molar-refractivity contribution in [1.82, 2.24) is 19.9 Å². The number of carbonyl (C=O) groups is 1. The summed E-state index contributed by atoms with van der Waals surface area (Å²) in [6, 6.07) is 8.11. The Bertz CT molecular complexity index is 805. The minimum atomic E-state index is -0.502. The Morgan fingerprint density at radius 1 is 1.33 bits per heavy atom. The molecule has 0 N–H and O–H groups in total. The Morgan fingerprint density at radius 3 is 2.83 bits per heavy atom. The van der Waals surface area contributed by atoms with Gasteiger partial charge in [0.05, 0.1) is 30.9 Å². The third kappa shape index (κ3) is 2.17. The van der Waals surface area contributed by atoms with Crippen LogP contribution in [0.25, 0.3) is 6.08 Å². The molecule has 124 valence electrons. The molecule has 0 radical (unpaired) electrons. The number of rotatable bonds is 3. The normalized spacial score (nSPS) is 21.2. The van der Waals surface area contributed by atoms with Crippen LogP contribution in [0.5, 0.6) is 0 Å². The van der Waals surface area contributed by atoms with Gasteiger partial charge in [0, 0.05) is 14.2 Å².